The van der Waals surface area contributed by atoms with Gasteiger partial charge in [0.05, 0.1) is 74.6 Å². The first-order chi connectivity index (χ1) is 46.2. The minimum absolute atomic E-state index is 0.0512. The first-order valence-electron chi connectivity index (χ1n) is 31.6. The Morgan fingerprint density at radius 3 is 1.13 bits per heavy atom. The van der Waals surface area contributed by atoms with E-state index in [-0.39, 0.29) is 48.9 Å². The van der Waals surface area contributed by atoms with Crippen molar-refractivity contribution in [2.45, 2.75) is 35.7 Å². The molecule has 4 amide bonds. The summed E-state index contributed by atoms with van der Waals surface area (Å²) in [4.78, 5) is 92.8. The number of fused-ring (bicyclic) bond motifs is 9. The van der Waals surface area contributed by atoms with Gasteiger partial charge in [0.15, 0.2) is 22.9 Å². The lowest BCUT2D eigenvalue weighted by atomic mass is 9.79. The fraction of sp³-hybridized carbons (Fsp3) is 0.128. The number of urea groups is 2. The lowest BCUT2D eigenvalue weighted by molar-refractivity contribution is -0.115. The highest BCUT2D eigenvalue weighted by molar-refractivity contribution is 6.21. The van der Waals surface area contributed by atoms with Crippen molar-refractivity contribution in [1.29, 1.82) is 0 Å². The van der Waals surface area contributed by atoms with Crippen molar-refractivity contribution in [3.8, 4) is 56.0 Å². The number of benzene rings is 7. The number of carbonyl (C=O) groups excluding carboxylic acids is 4. The highest BCUT2D eigenvalue weighted by Gasteiger charge is 3.07. The lowest BCUT2D eigenvalue weighted by Crippen LogP contribution is -2.63. The predicted octanol–water partition coefficient (Wildman–Crippen LogP) is 13.6. The van der Waals surface area contributed by atoms with Gasteiger partial charge in [-0.15, -0.1) is 0 Å². The molecule has 0 atom stereocenters. The zero-order valence-electron chi connectivity index (χ0n) is 50.8. The number of rotatable bonds is 8. The number of H-pyrrole nitrogens is 2. The molecule has 7 aromatic carbocycles. The number of allylic oxidation sites excluding steroid dienone is 2. The molecule has 452 valence electrons. The summed E-state index contributed by atoms with van der Waals surface area (Å²) in [6.07, 6.45) is 11.0. The first kappa shape index (κ1) is 52.7. The summed E-state index contributed by atoms with van der Waals surface area (Å²) >= 11 is 0. The van der Waals surface area contributed by atoms with Crippen LogP contribution in [0.5, 0.6) is 11.5 Å². The summed E-state index contributed by atoms with van der Waals surface area (Å²) in [7, 11) is 3.36. The standard InChI is InChI=1S/C78H54N10O6/c1-93-69-53-43-85-73(91)83-41-51-52(62(90)40-39-61(51)89)42-84-74(92)86(76(85,50-31-19-8-20-32-50)75(83,84)49-29-17-7-18-30-49)44-54(53)70(94-2)68-67(69)87-77-71-65(47-25-13-5-14-26-47)59-37-35-57(80-59)63(45-21-9-3-10-22-45)55-33-34-56(79-55)64(46-23-11-4-12-24-46)58-36-38-60(81-58)66(48-27-15-6-16-28-48)72(82-71)78(77,87)88(68)77/h3-40,80,82H,41-44H2,1-2H3. The Bertz CT molecular complexity index is 5210. The van der Waals surface area contributed by atoms with Gasteiger partial charge >= 0.3 is 12.1 Å². The molecular formula is C78H54N10O6. The zero-order chi connectivity index (χ0) is 62.7. The number of amides is 4. The molecule has 11 aliphatic heterocycles. The Balaban J connectivity index is 0.876. The number of nitrogens with one attached hydrogen (secondary N) is 2. The van der Waals surface area contributed by atoms with E-state index in [0.29, 0.717) is 33.8 Å². The van der Waals surface area contributed by atoms with Gasteiger partial charge in [0, 0.05) is 66.7 Å². The van der Waals surface area contributed by atoms with Crippen LogP contribution in [0.3, 0.4) is 0 Å². The largest absolute Gasteiger partial charge is 0.494 e. The van der Waals surface area contributed by atoms with Gasteiger partial charge in [-0.05, 0) is 70.8 Å². The zero-order valence-corrected chi connectivity index (χ0v) is 50.8. The van der Waals surface area contributed by atoms with Gasteiger partial charge in [-0.2, -0.15) is 0 Å². The molecular weight excluding hydrogens is 1170 g/mol. The smallest absolute Gasteiger partial charge is 0.325 e. The summed E-state index contributed by atoms with van der Waals surface area (Å²) in [6.45, 7) is -0.545. The number of hydrogen-bond donors (Lipinski definition) is 2. The summed E-state index contributed by atoms with van der Waals surface area (Å²) in [5, 5.41) is 0. The number of aromatic amines is 2. The Hall–Kier alpha value is -12.0. The first-order valence-corrected chi connectivity index (χ1v) is 31.6. The second-order valence-electron chi connectivity index (χ2n) is 25.3. The predicted molar refractivity (Wildman–Crippen MR) is 357 cm³/mol. The van der Waals surface area contributed by atoms with Crippen molar-refractivity contribution in [3.05, 3.63) is 274 Å². The number of anilines is 2. The van der Waals surface area contributed by atoms with Gasteiger partial charge in [-0.25, -0.2) is 19.6 Å². The van der Waals surface area contributed by atoms with Gasteiger partial charge in [0.2, 0.25) is 11.3 Å². The van der Waals surface area contributed by atoms with Crippen LogP contribution in [0, 0.1) is 0 Å². The molecule has 4 fully saturated rings. The average Bonchev–Trinajstić information content (AvgIpc) is 1.35. The molecule has 4 saturated heterocycles. The van der Waals surface area contributed by atoms with E-state index in [4.69, 9.17) is 19.4 Å². The molecule has 1 aliphatic carbocycles. The minimum Gasteiger partial charge on any atom is -0.494 e. The van der Waals surface area contributed by atoms with Gasteiger partial charge < -0.3 is 29.2 Å². The molecule has 9 aromatic rings. The molecule has 16 nitrogen and oxygen atoms in total. The van der Waals surface area contributed by atoms with Crippen LogP contribution in [0.2, 0.25) is 0 Å². The van der Waals surface area contributed by atoms with Crippen molar-refractivity contribution >= 4 is 70.3 Å². The Morgan fingerprint density at radius 1 is 0.362 bits per heavy atom. The van der Waals surface area contributed by atoms with Crippen molar-refractivity contribution in [2.24, 2.45) is 0 Å². The molecule has 2 spiro atoms. The maximum atomic E-state index is 16.6. The van der Waals surface area contributed by atoms with Crippen molar-refractivity contribution < 1.29 is 28.7 Å². The van der Waals surface area contributed by atoms with E-state index in [1.807, 2.05) is 107 Å². The van der Waals surface area contributed by atoms with Crippen LogP contribution in [-0.2, 0) is 45.3 Å². The average molecular weight is 1230 g/mol. The monoisotopic (exact) mass is 1230 g/mol. The van der Waals surface area contributed by atoms with E-state index in [1.165, 1.54) is 12.2 Å². The molecule has 94 heavy (non-hydrogen) atoms. The summed E-state index contributed by atoms with van der Waals surface area (Å²) in [5.74, 6) is 0.313. The summed E-state index contributed by atoms with van der Waals surface area (Å²) in [6, 6.07) is 64.4. The van der Waals surface area contributed by atoms with Crippen LogP contribution in [0.4, 0.5) is 21.0 Å². The lowest BCUT2D eigenvalue weighted by Gasteiger charge is -2.49. The normalized spacial score (nSPS) is 22.8. The molecule has 12 aliphatic rings. The summed E-state index contributed by atoms with van der Waals surface area (Å²) in [5.41, 5.74) is 13.7. The quantitative estimate of drug-likeness (QED) is 0.111. The van der Waals surface area contributed by atoms with Crippen LogP contribution in [0.15, 0.2) is 217 Å². The van der Waals surface area contributed by atoms with Crippen LogP contribution in [-0.4, -0.2) is 90.5 Å². The van der Waals surface area contributed by atoms with E-state index >= 15 is 9.59 Å². The van der Waals surface area contributed by atoms with Crippen LogP contribution in [0.25, 0.3) is 79.8 Å². The number of hydrogen-bond acceptors (Lipinski definition) is 10. The molecule has 2 aromatic heterocycles. The van der Waals surface area contributed by atoms with E-state index in [1.54, 1.807) is 24.0 Å². The molecule has 2 N–H and O–H groups in total. The van der Waals surface area contributed by atoms with E-state index in [9.17, 15) is 9.59 Å². The maximum absolute atomic E-state index is 16.6. The third-order valence-corrected chi connectivity index (χ3v) is 21.3. The fourth-order valence-electron chi connectivity index (χ4n) is 17.7. The third kappa shape index (κ3) is 6.10. The maximum Gasteiger partial charge on any atom is 0.325 e. The molecule has 0 saturated carbocycles. The van der Waals surface area contributed by atoms with Gasteiger partial charge in [-0.3, -0.25) is 29.2 Å². The second-order valence-corrected chi connectivity index (χ2v) is 25.3. The molecule has 21 rings (SSSR count). The van der Waals surface area contributed by atoms with Crippen LogP contribution < -0.4 is 19.3 Å². The van der Waals surface area contributed by atoms with E-state index in [2.05, 4.69) is 141 Å². The Kier molecular flexibility index (Phi) is 10.3. The topological polar surface area (TPSA) is 163 Å². The number of carbonyl (C=O) groups is 4. The van der Waals surface area contributed by atoms with Crippen LogP contribution >= 0.6 is 0 Å². The summed E-state index contributed by atoms with van der Waals surface area (Å²) < 4.78 is 13.9. The highest BCUT2D eigenvalue weighted by Crippen LogP contribution is 2.95. The molecule has 16 heteroatoms. The SMILES string of the molecule is COc1c2c(c(OC)c3c1N1C45c6[nH]c(c(-c7ccccc7)c7ccc([nH]7)c(-c7ccccc7)c7nc(c(-c8ccccc8)c8nc(c6-c6ccccc6)C=C8)C=C7)C14N35)CN1C(=O)N3CC4=C(CN5C(=O)N(C2)C1(c1ccccc1)C53c1ccccc1)C(=O)C=CC4=O. The van der Waals surface area contributed by atoms with Crippen LogP contribution in [0.1, 0.15) is 56.4 Å². The number of aromatic nitrogens is 4. The molecule has 0 unspecified atom stereocenters. The van der Waals surface area contributed by atoms with E-state index in [0.717, 1.165) is 101 Å². The highest BCUT2D eigenvalue weighted by atomic mass is 16.5. The van der Waals surface area contributed by atoms with Crippen molar-refractivity contribution in [3.63, 3.8) is 0 Å². The Labute approximate surface area is 538 Å². The van der Waals surface area contributed by atoms with Gasteiger partial charge in [-0.1, -0.05) is 182 Å². The minimum atomic E-state index is -1.62. The van der Waals surface area contributed by atoms with Gasteiger partial charge in [0.25, 0.3) is 0 Å². The molecule has 0 radical (unpaired) electrons. The number of nitrogens with zero attached hydrogens (tertiary/aromatic N) is 8. The number of ketones is 2. The number of methoxy groups -OCH3 is 2. The van der Waals surface area contributed by atoms with Crippen molar-refractivity contribution in [2.75, 3.05) is 37.1 Å². The third-order valence-electron chi connectivity index (χ3n) is 21.3. The van der Waals surface area contributed by atoms with Crippen molar-refractivity contribution in [1.82, 2.24) is 39.5 Å². The Morgan fingerprint density at radius 2 is 0.702 bits per heavy atom. The second kappa shape index (κ2) is 18.3. The fourth-order valence-corrected chi connectivity index (χ4v) is 17.7. The number of ether oxygens (including phenoxy) is 2. The molecule has 10 bridgehead atoms. The van der Waals surface area contributed by atoms with Gasteiger partial charge in [0.1, 0.15) is 22.9 Å². The molecule has 13 heterocycles. The van der Waals surface area contributed by atoms with E-state index < -0.39 is 34.7 Å².